The molecule has 5 rings (SSSR count). The molecule has 1 fully saturated rings. The van der Waals surface area contributed by atoms with Crippen LogP contribution in [0.15, 0.2) is 115 Å². The van der Waals surface area contributed by atoms with Crippen LogP contribution >= 0.6 is 7.26 Å². The fraction of sp³-hybridized carbons (Fsp3) is 0.172. The Labute approximate surface area is 207 Å². The van der Waals surface area contributed by atoms with Crippen LogP contribution in [0.4, 0.5) is 0 Å². The van der Waals surface area contributed by atoms with E-state index in [-0.39, 0.29) is 28.9 Å². The van der Waals surface area contributed by atoms with Gasteiger partial charge in [0.25, 0.3) is 0 Å². The summed E-state index contributed by atoms with van der Waals surface area (Å²) in [7, 11) is -0.317. The zero-order chi connectivity index (χ0) is 21.8. The van der Waals surface area contributed by atoms with Gasteiger partial charge in [-0.3, -0.25) is 0 Å². The smallest absolute Gasteiger partial charge is 0.182 e. The molecule has 2 atom stereocenters. The van der Waals surface area contributed by atoms with Crippen molar-refractivity contribution >= 4 is 23.2 Å². The molecule has 4 aromatic carbocycles. The van der Waals surface area contributed by atoms with Gasteiger partial charge in [0.15, 0.2) is 5.85 Å². The quantitative estimate of drug-likeness (QED) is 0.365. The summed E-state index contributed by atoms with van der Waals surface area (Å²) in [6.45, 7) is 0. The van der Waals surface area contributed by atoms with Crippen LogP contribution in [-0.4, -0.2) is 13.0 Å². The molecule has 0 aliphatic carbocycles. The Morgan fingerprint density at radius 2 is 1.09 bits per heavy atom. The zero-order valence-electron chi connectivity index (χ0n) is 18.7. The van der Waals surface area contributed by atoms with Gasteiger partial charge in [-0.2, -0.15) is 0 Å². The minimum Gasteiger partial charge on any atom is -1.00 e. The summed E-state index contributed by atoms with van der Waals surface area (Å²) in [5, 5.41) is 4.12. The lowest BCUT2D eigenvalue weighted by Gasteiger charge is -2.32. The van der Waals surface area contributed by atoms with E-state index < -0.39 is 7.26 Å². The molecule has 1 unspecified atom stereocenters. The Kier molecular flexibility index (Phi) is 7.65. The predicted octanol–water partition coefficient (Wildman–Crippen LogP) is 2.87. The Bertz CT molecular complexity index is 1040. The number of halogens is 1. The molecule has 1 saturated heterocycles. The Hall–Kier alpha value is -2.45. The second-order valence-electron chi connectivity index (χ2n) is 8.16. The molecule has 0 aromatic heterocycles. The molecule has 1 heterocycles. The fourth-order valence-corrected chi connectivity index (χ4v) is 9.59. The van der Waals surface area contributed by atoms with Gasteiger partial charge in [-0.1, -0.05) is 66.7 Å². The first-order chi connectivity index (χ1) is 15.8. The summed E-state index contributed by atoms with van der Waals surface area (Å²) in [6.07, 6.45) is 2.15. The first kappa shape index (κ1) is 23.7. The molecule has 0 amide bonds. The normalized spacial score (nSPS) is 17.8. The van der Waals surface area contributed by atoms with Crippen LogP contribution in [0.1, 0.15) is 24.5 Å². The van der Waals surface area contributed by atoms with Crippen LogP contribution in [-0.2, 0) is 4.74 Å². The molecule has 4 aromatic rings. The number of rotatable bonds is 6. The summed E-state index contributed by atoms with van der Waals surface area (Å²) < 4.78 is 12.3. The third-order valence-corrected chi connectivity index (χ3v) is 11.0. The second-order valence-corrected chi connectivity index (χ2v) is 11.7. The van der Waals surface area contributed by atoms with E-state index in [1.807, 2.05) is 12.1 Å². The first-order valence-electron chi connectivity index (χ1n) is 11.2. The molecule has 0 spiro atoms. The fourth-order valence-electron chi connectivity index (χ4n) is 4.90. The van der Waals surface area contributed by atoms with E-state index in [0.717, 1.165) is 18.6 Å². The highest BCUT2D eigenvalue weighted by Crippen LogP contribution is 2.64. The van der Waals surface area contributed by atoms with Crippen molar-refractivity contribution in [2.24, 2.45) is 0 Å². The van der Waals surface area contributed by atoms with E-state index in [4.69, 9.17) is 9.47 Å². The molecule has 1 aliphatic rings. The number of hydrogen-bond donors (Lipinski definition) is 0. The van der Waals surface area contributed by atoms with E-state index in [1.54, 1.807) is 7.11 Å². The average Bonchev–Trinajstić information content (AvgIpc) is 3.37. The lowest BCUT2D eigenvalue weighted by molar-refractivity contribution is -0.00000790. The van der Waals surface area contributed by atoms with E-state index in [9.17, 15) is 0 Å². The maximum Gasteiger partial charge on any atom is 0.182 e. The SMILES string of the molecule is COc1ccc([C@H]2CCC([P+](c3ccccc3)(c3ccccc3)c3ccccc3)O2)cc1.[Br-]. The largest absolute Gasteiger partial charge is 1.00 e. The van der Waals surface area contributed by atoms with Gasteiger partial charge in [0.05, 0.1) is 13.2 Å². The highest BCUT2D eigenvalue weighted by Gasteiger charge is 2.55. The van der Waals surface area contributed by atoms with Crippen molar-refractivity contribution in [1.82, 2.24) is 0 Å². The third-order valence-electron chi connectivity index (χ3n) is 6.41. The van der Waals surface area contributed by atoms with Crippen LogP contribution in [0.2, 0.25) is 0 Å². The van der Waals surface area contributed by atoms with Crippen molar-refractivity contribution in [2.75, 3.05) is 7.11 Å². The molecule has 2 nitrogen and oxygen atoms in total. The van der Waals surface area contributed by atoms with Crippen molar-refractivity contribution in [3.63, 3.8) is 0 Å². The van der Waals surface area contributed by atoms with Gasteiger partial charge in [0.1, 0.15) is 28.9 Å². The van der Waals surface area contributed by atoms with Crippen molar-refractivity contribution in [2.45, 2.75) is 24.8 Å². The molecule has 0 saturated carbocycles. The van der Waals surface area contributed by atoms with Crippen LogP contribution < -0.4 is 37.6 Å². The summed E-state index contributed by atoms with van der Waals surface area (Å²) >= 11 is 0. The number of hydrogen-bond acceptors (Lipinski definition) is 2. The van der Waals surface area contributed by atoms with Crippen molar-refractivity contribution in [3.05, 3.63) is 121 Å². The Morgan fingerprint density at radius 3 is 1.52 bits per heavy atom. The highest BCUT2D eigenvalue weighted by molar-refractivity contribution is 7.96. The van der Waals surface area contributed by atoms with Gasteiger partial charge in [-0.15, -0.1) is 0 Å². The maximum atomic E-state index is 6.96. The predicted molar refractivity (Wildman–Crippen MR) is 135 cm³/mol. The number of benzene rings is 4. The third kappa shape index (κ3) is 4.51. The molecule has 168 valence electrons. The molecule has 0 bridgehead atoms. The number of methoxy groups -OCH3 is 1. The average molecular weight is 519 g/mol. The maximum absolute atomic E-state index is 6.96. The van der Waals surface area contributed by atoms with Crippen LogP contribution in [0.5, 0.6) is 5.75 Å². The van der Waals surface area contributed by atoms with Crippen LogP contribution in [0.3, 0.4) is 0 Å². The summed E-state index contributed by atoms with van der Waals surface area (Å²) in [4.78, 5) is 0. The van der Waals surface area contributed by atoms with E-state index in [1.165, 1.54) is 21.5 Å². The van der Waals surface area contributed by atoms with Crippen molar-refractivity contribution in [1.29, 1.82) is 0 Å². The van der Waals surface area contributed by atoms with Gasteiger partial charge in [-0.05, 0) is 60.5 Å². The zero-order valence-corrected chi connectivity index (χ0v) is 21.2. The van der Waals surface area contributed by atoms with Gasteiger partial charge in [0.2, 0.25) is 0 Å². The van der Waals surface area contributed by atoms with E-state index in [2.05, 4.69) is 103 Å². The van der Waals surface area contributed by atoms with Gasteiger partial charge in [0, 0.05) is 6.42 Å². The lowest BCUT2D eigenvalue weighted by Crippen LogP contribution is -3.00. The van der Waals surface area contributed by atoms with Gasteiger partial charge < -0.3 is 26.5 Å². The molecule has 0 N–H and O–H groups in total. The monoisotopic (exact) mass is 518 g/mol. The minimum absolute atomic E-state index is 0. The van der Waals surface area contributed by atoms with Crippen molar-refractivity contribution < 1.29 is 26.5 Å². The lowest BCUT2D eigenvalue weighted by atomic mass is 10.1. The van der Waals surface area contributed by atoms with Crippen LogP contribution in [0, 0.1) is 0 Å². The minimum atomic E-state index is -2.02. The highest BCUT2D eigenvalue weighted by atomic mass is 79.9. The molecule has 1 aliphatic heterocycles. The first-order valence-corrected chi connectivity index (χ1v) is 13.0. The Balaban J connectivity index is 0.00000259. The molecule has 33 heavy (non-hydrogen) atoms. The van der Waals surface area contributed by atoms with E-state index in [0.29, 0.717) is 0 Å². The van der Waals surface area contributed by atoms with Gasteiger partial charge in [-0.25, -0.2) is 0 Å². The Morgan fingerprint density at radius 1 is 0.636 bits per heavy atom. The van der Waals surface area contributed by atoms with E-state index >= 15 is 0 Å². The number of ether oxygens (including phenoxy) is 2. The molecule has 4 heteroatoms. The van der Waals surface area contributed by atoms with Crippen molar-refractivity contribution in [3.8, 4) is 5.75 Å². The summed E-state index contributed by atoms with van der Waals surface area (Å²) in [5.74, 6) is 1.00. The van der Waals surface area contributed by atoms with Crippen LogP contribution in [0.25, 0.3) is 0 Å². The molecular formula is C29H28BrO2P. The topological polar surface area (TPSA) is 18.5 Å². The summed E-state index contributed by atoms with van der Waals surface area (Å²) in [5.41, 5.74) is 1.22. The standard InChI is InChI=1S/C29H28O2P.BrH/c1-30-24-19-17-23(18-20-24)28-21-22-29(31-28)32(25-11-5-2-6-12-25,26-13-7-3-8-14-26)27-15-9-4-10-16-27;/h2-20,28-29H,21-22H2,1H3;1H/q+1;/p-1/t28-,29?;/m1./s1. The van der Waals surface area contributed by atoms with Gasteiger partial charge >= 0.3 is 0 Å². The summed E-state index contributed by atoms with van der Waals surface area (Å²) in [6, 6.07) is 41.3. The second kappa shape index (κ2) is 10.7. The molecular weight excluding hydrogens is 491 g/mol. The molecule has 0 radical (unpaired) electrons.